The van der Waals surface area contributed by atoms with Gasteiger partial charge in [0, 0.05) is 43.5 Å². The standard InChI is InChI=1S/C22H26ClN3O2/c1-3-25(15-16-10-12-24-13-11-16)22(28)19-8-9-20(27)26(4-2)21(19)17-6-5-7-18(23)14-17/h5-7,10-14,19,21H,3-4,8-9,15H2,1-2H3/t19-,21+/m1/s1. The van der Waals surface area contributed by atoms with E-state index in [9.17, 15) is 9.59 Å². The van der Waals surface area contributed by atoms with Crippen LogP contribution in [0.3, 0.4) is 0 Å². The highest BCUT2D eigenvalue weighted by atomic mass is 35.5. The fourth-order valence-electron chi connectivity index (χ4n) is 3.98. The van der Waals surface area contributed by atoms with Crippen molar-refractivity contribution in [1.29, 1.82) is 0 Å². The molecule has 2 aromatic rings. The van der Waals surface area contributed by atoms with E-state index < -0.39 is 0 Å². The smallest absolute Gasteiger partial charge is 0.228 e. The van der Waals surface area contributed by atoms with Gasteiger partial charge in [-0.25, -0.2) is 0 Å². The summed E-state index contributed by atoms with van der Waals surface area (Å²) in [7, 11) is 0. The van der Waals surface area contributed by atoms with Crippen molar-refractivity contribution < 1.29 is 9.59 Å². The third-order valence-electron chi connectivity index (χ3n) is 5.37. The molecule has 28 heavy (non-hydrogen) atoms. The average Bonchev–Trinajstić information content (AvgIpc) is 2.72. The first-order chi connectivity index (χ1) is 13.5. The molecule has 5 nitrogen and oxygen atoms in total. The van der Waals surface area contributed by atoms with E-state index >= 15 is 0 Å². The van der Waals surface area contributed by atoms with Crippen molar-refractivity contribution in [1.82, 2.24) is 14.8 Å². The summed E-state index contributed by atoms with van der Waals surface area (Å²) in [6, 6.07) is 11.1. The third kappa shape index (κ3) is 4.36. The number of hydrogen-bond acceptors (Lipinski definition) is 3. The van der Waals surface area contributed by atoms with Crippen LogP contribution in [0.1, 0.15) is 43.9 Å². The zero-order valence-corrected chi connectivity index (χ0v) is 17.1. The predicted octanol–water partition coefficient (Wildman–Crippen LogP) is 4.08. The van der Waals surface area contributed by atoms with Crippen molar-refractivity contribution in [3.05, 3.63) is 64.9 Å². The van der Waals surface area contributed by atoms with Crippen molar-refractivity contribution in [2.45, 2.75) is 39.3 Å². The second-order valence-corrected chi connectivity index (χ2v) is 7.47. The molecular weight excluding hydrogens is 374 g/mol. The molecule has 6 heteroatoms. The number of rotatable bonds is 6. The van der Waals surface area contributed by atoms with Gasteiger partial charge in [-0.05, 0) is 55.7 Å². The van der Waals surface area contributed by atoms with Gasteiger partial charge in [-0.15, -0.1) is 0 Å². The number of likely N-dealkylation sites (tertiary alicyclic amines) is 1. The number of benzene rings is 1. The van der Waals surface area contributed by atoms with E-state index in [0.29, 0.717) is 37.5 Å². The lowest BCUT2D eigenvalue weighted by Gasteiger charge is -2.42. The Bertz CT molecular complexity index is 828. The number of hydrogen-bond donors (Lipinski definition) is 0. The van der Waals surface area contributed by atoms with Crippen LogP contribution >= 0.6 is 11.6 Å². The molecule has 0 bridgehead atoms. The summed E-state index contributed by atoms with van der Waals surface area (Å²) in [5.74, 6) is -0.109. The maximum atomic E-state index is 13.5. The molecule has 3 rings (SSSR count). The van der Waals surface area contributed by atoms with Gasteiger partial charge < -0.3 is 9.80 Å². The number of carbonyl (C=O) groups is 2. The van der Waals surface area contributed by atoms with Gasteiger partial charge in [0.05, 0.1) is 12.0 Å². The molecule has 1 aliphatic heterocycles. The lowest BCUT2D eigenvalue weighted by atomic mass is 9.83. The Labute approximate surface area is 171 Å². The number of nitrogens with zero attached hydrogens (tertiary/aromatic N) is 3. The van der Waals surface area contributed by atoms with Crippen molar-refractivity contribution in [3.8, 4) is 0 Å². The Kier molecular flexibility index (Phi) is 6.68. The van der Waals surface area contributed by atoms with Crippen molar-refractivity contribution in [2.75, 3.05) is 13.1 Å². The number of piperidine rings is 1. The maximum absolute atomic E-state index is 13.5. The summed E-state index contributed by atoms with van der Waals surface area (Å²) in [6.45, 7) is 5.66. The van der Waals surface area contributed by atoms with E-state index in [1.165, 1.54) is 0 Å². The summed E-state index contributed by atoms with van der Waals surface area (Å²) in [6.07, 6.45) is 4.42. The molecular formula is C22H26ClN3O2. The van der Waals surface area contributed by atoms with Crippen LogP contribution in [0.15, 0.2) is 48.8 Å². The van der Waals surface area contributed by atoms with Crippen LogP contribution in [0.25, 0.3) is 0 Å². The van der Waals surface area contributed by atoms with Crippen LogP contribution in [0.5, 0.6) is 0 Å². The van der Waals surface area contributed by atoms with Crippen LogP contribution in [-0.2, 0) is 16.1 Å². The minimum Gasteiger partial charge on any atom is -0.338 e. The molecule has 1 aliphatic rings. The second kappa shape index (κ2) is 9.20. The lowest BCUT2D eigenvalue weighted by molar-refractivity contribution is -0.148. The molecule has 0 spiro atoms. The van der Waals surface area contributed by atoms with E-state index in [1.807, 2.05) is 60.0 Å². The summed E-state index contributed by atoms with van der Waals surface area (Å²) in [5, 5.41) is 0.613. The first kappa shape index (κ1) is 20.3. The van der Waals surface area contributed by atoms with Gasteiger partial charge in [0.25, 0.3) is 0 Å². The first-order valence-corrected chi connectivity index (χ1v) is 10.2. The Morgan fingerprint density at radius 2 is 2.00 bits per heavy atom. The highest BCUT2D eigenvalue weighted by Gasteiger charge is 2.41. The van der Waals surface area contributed by atoms with Gasteiger partial charge in [-0.3, -0.25) is 14.6 Å². The van der Waals surface area contributed by atoms with Gasteiger partial charge >= 0.3 is 0 Å². The zero-order valence-electron chi connectivity index (χ0n) is 16.3. The SMILES string of the molecule is CCN(Cc1ccncc1)C(=O)[C@@H]1CCC(=O)N(CC)[C@H]1c1cccc(Cl)c1. The molecule has 1 aromatic carbocycles. The predicted molar refractivity (Wildman–Crippen MR) is 110 cm³/mol. The minimum absolute atomic E-state index is 0.0789. The van der Waals surface area contributed by atoms with Crippen molar-refractivity contribution >= 4 is 23.4 Å². The van der Waals surface area contributed by atoms with Crippen LogP contribution in [-0.4, -0.2) is 39.7 Å². The van der Waals surface area contributed by atoms with E-state index in [2.05, 4.69) is 4.98 Å². The second-order valence-electron chi connectivity index (χ2n) is 7.03. The summed E-state index contributed by atoms with van der Waals surface area (Å²) in [4.78, 5) is 33.8. The maximum Gasteiger partial charge on any atom is 0.228 e. The van der Waals surface area contributed by atoms with Gasteiger partial charge in [-0.1, -0.05) is 23.7 Å². The molecule has 1 fully saturated rings. The average molecular weight is 400 g/mol. The molecule has 1 aromatic heterocycles. The molecule has 0 radical (unpaired) electrons. The Morgan fingerprint density at radius 3 is 2.64 bits per heavy atom. The summed E-state index contributed by atoms with van der Waals surface area (Å²) in [5.41, 5.74) is 1.96. The molecule has 0 unspecified atom stereocenters. The van der Waals surface area contributed by atoms with E-state index in [1.54, 1.807) is 12.4 Å². The summed E-state index contributed by atoms with van der Waals surface area (Å²) >= 11 is 6.21. The molecule has 0 aliphatic carbocycles. The Morgan fingerprint density at radius 1 is 1.25 bits per heavy atom. The van der Waals surface area contributed by atoms with Gasteiger partial charge in [-0.2, -0.15) is 0 Å². The minimum atomic E-state index is -0.288. The normalized spacial score (nSPS) is 19.5. The molecule has 2 amide bonds. The molecule has 2 heterocycles. The molecule has 0 N–H and O–H groups in total. The molecule has 2 atom stereocenters. The van der Waals surface area contributed by atoms with Crippen LogP contribution in [0.4, 0.5) is 0 Å². The van der Waals surface area contributed by atoms with Gasteiger partial charge in [0.2, 0.25) is 11.8 Å². The number of pyridine rings is 1. The Balaban J connectivity index is 1.91. The lowest BCUT2D eigenvalue weighted by Crippen LogP contribution is -2.48. The van der Waals surface area contributed by atoms with Gasteiger partial charge in [0.1, 0.15) is 0 Å². The van der Waals surface area contributed by atoms with Crippen LogP contribution in [0, 0.1) is 5.92 Å². The third-order valence-corrected chi connectivity index (χ3v) is 5.61. The highest BCUT2D eigenvalue weighted by molar-refractivity contribution is 6.30. The van der Waals surface area contributed by atoms with Crippen LogP contribution in [0.2, 0.25) is 5.02 Å². The Hall–Kier alpha value is -2.40. The van der Waals surface area contributed by atoms with Crippen molar-refractivity contribution in [3.63, 3.8) is 0 Å². The van der Waals surface area contributed by atoms with E-state index in [-0.39, 0.29) is 23.8 Å². The highest BCUT2D eigenvalue weighted by Crippen LogP contribution is 2.38. The van der Waals surface area contributed by atoms with Crippen molar-refractivity contribution in [2.24, 2.45) is 5.92 Å². The van der Waals surface area contributed by atoms with E-state index in [0.717, 1.165) is 11.1 Å². The number of carbonyl (C=O) groups excluding carboxylic acids is 2. The molecule has 0 saturated carbocycles. The quantitative estimate of drug-likeness (QED) is 0.735. The molecule has 1 saturated heterocycles. The van der Waals surface area contributed by atoms with Crippen LogP contribution < -0.4 is 0 Å². The zero-order chi connectivity index (χ0) is 20.1. The van der Waals surface area contributed by atoms with Gasteiger partial charge in [0.15, 0.2) is 0 Å². The topological polar surface area (TPSA) is 53.5 Å². The molecule has 148 valence electrons. The number of amides is 2. The number of halogens is 1. The summed E-state index contributed by atoms with van der Waals surface area (Å²) < 4.78 is 0. The fourth-order valence-corrected chi connectivity index (χ4v) is 4.17. The largest absolute Gasteiger partial charge is 0.338 e. The number of aromatic nitrogens is 1. The fraction of sp³-hybridized carbons (Fsp3) is 0.409. The first-order valence-electron chi connectivity index (χ1n) is 9.77. The van der Waals surface area contributed by atoms with E-state index in [4.69, 9.17) is 11.6 Å². The monoisotopic (exact) mass is 399 g/mol.